The molecule has 0 aliphatic rings. The summed E-state index contributed by atoms with van der Waals surface area (Å²) in [7, 11) is 3.40. The van der Waals surface area contributed by atoms with Crippen molar-refractivity contribution in [1.82, 2.24) is 15.3 Å². The van der Waals surface area contributed by atoms with Gasteiger partial charge in [-0.1, -0.05) is 6.92 Å². The lowest BCUT2D eigenvalue weighted by molar-refractivity contribution is 0.170. The van der Waals surface area contributed by atoms with Crippen molar-refractivity contribution in [2.45, 2.75) is 33.4 Å². The molecule has 1 N–H and O–H groups in total. The molecule has 0 radical (unpaired) electrons. The molecular weight excluding hydrogens is 268 g/mol. The number of hydrogen-bond acceptors (Lipinski definition) is 6. The molecule has 6 heteroatoms. The molecule has 0 bridgehead atoms. The largest absolute Gasteiger partial charge is 0.383 e. The Morgan fingerprint density at radius 3 is 2.67 bits per heavy atom. The lowest BCUT2D eigenvalue weighted by Gasteiger charge is -2.29. The fourth-order valence-electron chi connectivity index (χ4n) is 2.09. The summed E-state index contributed by atoms with van der Waals surface area (Å²) in [4.78, 5) is 11.3. The molecule has 0 saturated heterocycles. The Labute approximate surface area is 127 Å². The zero-order valence-electron chi connectivity index (χ0n) is 13.8. The summed E-state index contributed by atoms with van der Waals surface area (Å²) in [6, 6.07) is 0.198. The van der Waals surface area contributed by atoms with E-state index in [9.17, 15) is 0 Å². The molecular formula is C15H28N4O2. The molecule has 1 heterocycles. The third kappa shape index (κ3) is 5.57. The van der Waals surface area contributed by atoms with Gasteiger partial charge >= 0.3 is 0 Å². The lowest BCUT2D eigenvalue weighted by Crippen LogP contribution is -2.40. The third-order valence-corrected chi connectivity index (χ3v) is 3.37. The fourth-order valence-corrected chi connectivity index (χ4v) is 2.09. The van der Waals surface area contributed by atoms with Gasteiger partial charge in [0, 0.05) is 44.8 Å². The second kappa shape index (κ2) is 9.65. The van der Waals surface area contributed by atoms with Crippen LogP contribution < -0.4 is 10.2 Å². The normalized spacial score (nSPS) is 12.4. The maximum Gasteiger partial charge on any atom is 0.225 e. The third-order valence-electron chi connectivity index (χ3n) is 3.37. The van der Waals surface area contributed by atoms with Crippen molar-refractivity contribution in [2.75, 3.05) is 45.4 Å². The number of nitrogens with one attached hydrogen (secondary N) is 1. The van der Waals surface area contributed by atoms with Crippen LogP contribution in [0.4, 0.5) is 5.95 Å². The number of hydrogen-bond donors (Lipinski definition) is 1. The van der Waals surface area contributed by atoms with Crippen molar-refractivity contribution in [3.63, 3.8) is 0 Å². The Balaban J connectivity index is 2.88. The minimum atomic E-state index is 0.198. The van der Waals surface area contributed by atoms with Crippen LogP contribution in [0.25, 0.3) is 0 Å². The van der Waals surface area contributed by atoms with Crippen LogP contribution in [0, 0.1) is 6.92 Å². The van der Waals surface area contributed by atoms with Crippen LogP contribution >= 0.6 is 0 Å². The van der Waals surface area contributed by atoms with Gasteiger partial charge in [-0.25, -0.2) is 9.97 Å². The van der Waals surface area contributed by atoms with E-state index >= 15 is 0 Å². The van der Waals surface area contributed by atoms with Crippen LogP contribution in [0.2, 0.25) is 0 Å². The predicted octanol–water partition coefficient (Wildman–Crippen LogP) is 1.38. The van der Waals surface area contributed by atoms with Gasteiger partial charge in [0.05, 0.1) is 19.3 Å². The Hall–Kier alpha value is -1.24. The molecule has 0 aliphatic carbocycles. The van der Waals surface area contributed by atoms with E-state index in [-0.39, 0.29) is 6.04 Å². The van der Waals surface area contributed by atoms with Crippen molar-refractivity contribution in [1.29, 1.82) is 0 Å². The van der Waals surface area contributed by atoms with Gasteiger partial charge in [-0.05, 0) is 20.4 Å². The maximum atomic E-state index is 5.25. The van der Waals surface area contributed by atoms with Crippen molar-refractivity contribution >= 4 is 5.95 Å². The molecule has 1 atom stereocenters. The van der Waals surface area contributed by atoms with Crippen molar-refractivity contribution in [2.24, 2.45) is 0 Å². The molecule has 1 rings (SSSR count). The van der Waals surface area contributed by atoms with Gasteiger partial charge in [-0.3, -0.25) is 0 Å². The number of aryl methyl sites for hydroxylation is 1. The van der Waals surface area contributed by atoms with Crippen molar-refractivity contribution in [3.8, 4) is 0 Å². The highest BCUT2D eigenvalue weighted by molar-refractivity contribution is 5.34. The monoisotopic (exact) mass is 296 g/mol. The van der Waals surface area contributed by atoms with Crippen LogP contribution in [-0.2, 0) is 16.0 Å². The lowest BCUT2D eigenvalue weighted by atomic mass is 10.2. The quantitative estimate of drug-likeness (QED) is 0.704. The number of anilines is 1. The molecule has 0 aromatic carbocycles. The van der Waals surface area contributed by atoms with Crippen molar-refractivity contribution < 1.29 is 9.47 Å². The summed E-state index contributed by atoms with van der Waals surface area (Å²) >= 11 is 0. The van der Waals surface area contributed by atoms with Gasteiger partial charge in [0.25, 0.3) is 0 Å². The van der Waals surface area contributed by atoms with Crippen LogP contribution in [0.5, 0.6) is 0 Å². The molecule has 1 aromatic rings. The molecule has 0 amide bonds. The molecule has 1 aromatic heterocycles. The minimum absolute atomic E-state index is 0.198. The molecule has 0 saturated carbocycles. The van der Waals surface area contributed by atoms with E-state index in [4.69, 9.17) is 9.47 Å². The molecule has 0 fully saturated rings. The zero-order chi connectivity index (χ0) is 15.7. The van der Waals surface area contributed by atoms with Gasteiger partial charge in [0.2, 0.25) is 5.95 Å². The molecule has 0 spiro atoms. The number of methoxy groups -OCH3 is 2. The summed E-state index contributed by atoms with van der Waals surface area (Å²) in [5, 5.41) is 3.30. The second-order valence-corrected chi connectivity index (χ2v) is 5.05. The van der Waals surface area contributed by atoms with Gasteiger partial charge in [0.15, 0.2) is 0 Å². The average Bonchev–Trinajstić information content (AvgIpc) is 2.47. The Morgan fingerprint density at radius 1 is 1.33 bits per heavy atom. The van der Waals surface area contributed by atoms with E-state index in [1.54, 1.807) is 14.2 Å². The second-order valence-electron chi connectivity index (χ2n) is 5.05. The first kappa shape index (κ1) is 17.8. The summed E-state index contributed by atoms with van der Waals surface area (Å²) in [6.45, 7) is 9.95. The first-order valence-corrected chi connectivity index (χ1v) is 7.41. The maximum absolute atomic E-state index is 5.25. The molecule has 1 unspecified atom stereocenters. The molecule has 120 valence electrons. The molecule has 0 aliphatic heterocycles. The van der Waals surface area contributed by atoms with Gasteiger partial charge in [0.1, 0.15) is 0 Å². The fraction of sp³-hybridized carbons (Fsp3) is 0.733. The first-order chi connectivity index (χ1) is 10.1. The molecule has 6 nitrogen and oxygen atoms in total. The Kier molecular flexibility index (Phi) is 8.19. The van der Waals surface area contributed by atoms with Crippen LogP contribution in [0.3, 0.4) is 0 Å². The van der Waals surface area contributed by atoms with E-state index in [0.29, 0.717) is 13.2 Å². The number of aromatic nitrogens is 2. The predicted molar refractivity (Wildman–Crippen MR) is 84.7 cm³/mol. The smallest absolute Gasteiger partial charge is 0.225 e. The van der Waals surface area contributed by atoms with E-state index in [1.807, 2.05) is 13.1 Å². The zero-order valence-corrected chi connectivity index (χ0v) is 13.8. The standard InChI is InChI=1S/C15H28N4O2/c1-6-16-9-14-10-17-15(18-13(14)3)19(7-8-20-4)12(2)11-21-5/h10,12,16H,6-9,11H2,1-5H3. The van der Waals surface area contributed by atoms with E-state index in [2.05, 4.69) is 34.0 Å². The highest BCUT2D eigenvalue weighted by Gasteiger charge is 2.17. The van der Waals surface area contributed by atoms with Crippen LogP contribution in [-0.4, -0.2) is 56.5 Å². The Morgan fingerprint density at radius 2 is 2.10 bits per heavy atom. The van der Waals surface area contributed by atoms with Gasteiger partial charge in [-0.2, -0.15) is 0 Å². The number of ether oxygens (including phenoxy) is 2. The topological polar surface area (TPSA) is 59.5 Å². The van der Waals surface area contributed by atoms with E-state index in [0.717, 1.165) is 36.8 Å². The Bertz CT molecular complexity index is 415. The molecule has 21 heavy (non-hydrogen) atoms. The summed E-state index contributed by atoms with van der Waals surface area (Å²) in [5.74, 6) is 0.731. The van der Waals surface area contributed by atoms with E-state index < -0.39 is 0 Å². The minimum Gasteiger partial charge on any atom is -0.383 e. The SMILES string of the molecule is CCNCc1cnc(N(CCOC)C(C)COC)nc1C. The number of nitrogens with zero attached hydrogens (tertiary/aromatic N) is 3. The van der Waals surface area contributed by atoms with Gasteiger partial charge < -0.3 is 19.7 Å². The van der Waals surface area contributed by atoms with Crippen molar-refractivity contribution in [3.05, 3.63) is 17.5 Å². The average molecular weight is 296 g/mol. The first-order valence-electron chi connectivity index (χ1n) is 7.41. The summed E-state index contributed by atoms with van der Waals surface area (Å²) in [5.41, 5.74) is 2.14. The number of rotatable bonds is 10. The summed E-state index contributed by atoms with van der Waals surface area (Å²) < 4.78 is 10.4. The van der Waals surface area contributed by atoms with Crippen LogP contribution in [0.15, 0.2) is 6.20 Å². The summed E-state index contributed by atoms with van der Waals surface area (Å²) in [6.07, 6.45) is 1.90. The highest BCUT2D eigenvalue weighted by atomic mass is 16.5. The van der Waals surface area contributed by atoms with Gasteiger partial charge in [-0.15, -0.1) is 0 Å². The highest BCUT2D eigenvalue weighted by Crippen LogP contribution is 2.14. The van der Waals surface area contributed by atoms with E-state index in [1.165, 1.54) is 0 Å². The van der Waals surface area contributed by atoms with Crippen LogP contribution in [0.1, 0.15) is 25.1 Å².